The first kappa shape index (κ1) is 17.1. The van der Waals surface area contributed by atoms with E-state index in [1.807, 2.05) is 19.9 Å². The van der Waals surface area contributed by atoms with E-state index >= 15 is 0 Å². The molecule has 0 spiro atoms. The molecule has 23 heavy (non-hydrogen) atoms. The first-order chi connectivity index (χ1) is 11.0. The summed E-state index contributed by atoms with van der Waals surface area (Å²) in [4.78, 5) is 22.5. The second-order valence-corrected chi connectivity index (χ2v) is 5.67. The molecule has 1 aliphatic rings. The van der Waals surface area contributed by atoms with Crippen molar-refractivity contribution >= 4 is 17.6 Å². The number of hydrogen-bond donors (Lipinski definition) is 2. The zero-order chi connectivity index (χ0) is 16.8. The number of ether oxygens (including phenoxy) is 2. The number of fused-ring (bicyclic) bond motifs is 1. The Balaban J connectivity index is 1.99. The third kappa shape index (κ3) is 4.87. The Morgan fingerprint density at radius 1 is 1.35 bits per heavy atom. The van der Waals surface area contributed by atoms with Gasteiger partial charge in [0.2, 0.25) is 5.91 Å². The normalized spacial score (nSPS) is 15.7. The highest BCUT2D eigenvalue weighted by molar-refractivity contribution is 5.92. The van der Waals surface area contributed by atoms with Gasteiger partial charge in [0, 0.05) is 30.9 Å². The summed E-state index contributed by atoms with van der Waals surface area (Å²) in [6.07, 6.45) is 2.36. The first-order valence-electron chi connectivity index (χ1n) is 7.97. The van der Waals surface area contributed by atoms with E-state index < -0.39 is 5.97 Å². The Morgan fingerprint density at radius 3 is 2.78 bits per heavy atom. The van der Waals surface area contributed by atoms with E-state index in [2.05, 4.69) is 5.32 Å². The lowest BCUT2D eigenvalue weighted by Gasteiger charge is -2.13. The molecule has 126 valence electrons. The van der Waals surface area contributed by atoms with Crippen LogP contribution in [0.4, 0.5) is 5.69 Å². The third-order valence-electron chi connectivity index (χ3n) is 3.62. The van der Waals surface area contributed by atoms with Gasteiger partial charge in [-0.2, -0.15) is 0 Å². The smallest absolute Gasteiger partial charge is 0.303 e. The quantitative estimate of drug-likeness (QED) is 0.719. The maximum Gasteiger partial charge on any atom is 0.303 e. The number of carbonyl (C=O) groups excluding carboxylic acids is 1. The molecule has 1 atom stereocenters. The van der Waals surface area contributed by atoms with Gasteiger partial charge in [0.1, 0.15) is 17.6 Å². The third-order valence-corrected chi connectivity index (χ3v) is 3.62. The van der Waals surface area contributed by atoms with Crippen LogP contribution < -0.4 is 14.8 Å². The van der Waals surface area contributed by atoms with Gasteiger partial charge in [0.15, 0.2) is 0 Å². The number of amides is 1. The van der Waals surface area contributed by atoms with Crippen LogP contribution >= 0.6 is 0 Å². The fourth-order valence-electron chi connectivity index (χ4n) is 2.59. The Kier molecular flexibility index (Phi) is 5.84. The van der Waals surface area contributed by atoms with Crippen LogP contribution in [0.5, 0.6) is 11.5 Å². The van der Waals surface area contributed by atoms with Crippen LogP contribution in [0, 0.1) is 0 Å². The molecular formula is C17H23NO5. The number of benzene rings is 1. The summed E-state index contributed by atoms with van der Waals surface area (Å²) in [6.45, 7) is 4.40. The summed E-state index contributed by atoms with van der Waals surface area (Å²) in [6, 6.07) is 3.72. The van der Waals surface area contributed by atoms with Gasteiger partial charge in [0.05, 0.1) is 12.3 Å². The van der Waals surface area contributed by atoms with Gasteiger partial charge in [-0.25, -0.2) is 0 Å². The average molecular weight is 321 g/mol. The maximum absolute atomic E-state index is 12.0. The topological polar surface area (TPSA) is 84.9 Å². The van der Waals surface area contributed by atoms with Crippen molar-refractivity contribution in [1.82, 2.24) is 0 Å². The largest absolute Gasteiger partial charge is 0.492 e. The first-order valence-corrected chi connectivity index (χ1v) is 7.97. The molecule has 1 unspecified atom stereocenters. The summed E-state index contributed by atoms with van der Waals surface area (Å²) >= 11 is 0. The molecule has 1 aromatic carbocycles. The number of nitrogens with one attached hydrogen (secondary N) is 1. The van der Waals surface area contributed by atoms with Crippen LogP contribution in [0.3, 0.4) is 0 Å². The molecule has 6 nitrogen and oxygen atoms in total. The Morgan fingerprint density at radius 2 is 2.09 bits per heavy atom. The van der Waals surface area contributed by atoms with Crippen molar-refractivity contribution in [3.8, 4) is 11.5 Å². The Hall–Kier alpha value is -2.24. The molecule has 1 heterocycles. The number of aliphatic carboxylic acids is 1. The predicted molar refractivity (Wildman–Crippen MR) is 86.1 cm³/mol. The van der Waals surface area contributed by atoms with Crippen LogP contribution in [0.1, 0.15) is 45.1 Å². The molecule has 1 aliphatic heterocycles. The molecule has 2 N–H and O–H groups in total. The maximum atomic E-state index is 12.0. The van der Waals surface area contributed by atoms with E-state index in [9.17, 15) is 9.59 Å². The molecule has 0 saturated heterocycles. The van der Waals surface area contributed by atoms with Gasteiger partial charge in [-0.05, 0) is 32.8 Å². The lowest BCUT2D eigenvalue weighted by molar-refractivity contribution is -0.137. The van der Waals surface area contributed by atoms with Gasteiger partial charge < -0.3 is 19.9 Å². The summed E-state index contributed by atoms with van der Waals surface area (Å²) in [5.41, 5.74) is 1.68. The summed E-state index contributed by atoms with van der Waals surface area (Å²) < 4.78 is 11.3. The highest BCUT2D eigenvalue weighted by atomic mass is 16.5. The molecule has 0 aromatic heterocycles. The molecule has 1 amide bonds. The minimum Gasteiger partial charge on any atom is -0.492 e. The molecule has 2 rings (SSSR count). The van der Waals surface area contributed by atoms with Crippen molar-refractivity contribution in [1.29, 1.82) is 0 Å². The van der Waals surface area contributed by atoms with Gasteiger partial charge in [0.25, 0.3) is 0 Å². The van der Waals surface area contributed by atoms with E-state index in [0.29, 0.717) is 30.9 Å². The molecular weight excluding hydrogens is 298 g/mol. The van der Waals surface area contributed by atoms with Gasteiger partial charge in [-0.1, -0.05) is 0 Å². The van der Waals surface area contributed by atoms with E-state index in [1.165, 1.54) is 0 Å². The van der Waals surface area contributed by atoms with Crippen molar-refractivity contribution in [3.63, 3.8) is 0 Å². The van der Waals surface area contributed by atoms with Crippen LogP contribution in [-0.2, 0) is 16.0 Å². The molecule has 0 saturated carbocycles. The van der Waals surface area contributed by atoms with E-state index in [1.54, 1.807) is 6.07 Å². The number of unbranched alkanes of at least 4 members (excludes halogenated alkanes) is 1. The van der Waals surface area contributed by atoms with Crippen LogP contribution in [-0.4, -0.2) is 29.7 Å². The number of rotatable bonds is 8. The van der Waals surface area contributed by atoms with E-state index in [4.69, 9.17) is 14.6 Å². The van der Waals surface area contributed by atoms with Crippen LogP contribution in [0.2, 0.25) is 0 Å². The number of carbonyl (C=O) groups is 2. The van der Waals surface area contributed by atoms with Gasteiger partial charge in [-0.15, -0.1) is 0 Å². The standard InChI is InChI=1S/C17H23NO5/c1-3-22-15-9-12-8-11(2)23-14(12)10-13(15)18-16(19)6-4-5-7-17(20)21/h9-11H,3-8H2,1-2H3,(H,18,19)(H,20,21). The van der Waals surface area contributed by atoms with Gasteiger partial charge >= 0.3 is 5.97 Å². The molecule has 0 aliphatic carbocycles. The molecule has 0 radical (unpaired) electrons. The lowest BCUT2D eigenvalue weighted by atomic mass is 10.1. The number of hydrogen-bond acceptors (Lipinski definition) is 4. The minimum atomic E-state index is -0.839. The fraction of sp³-hybridized carbons (Fsp3) is 0.529. The van der Waals surface area contributed by atoms with Crippen molar-refractivity contribution < 1.29 is 24.2 Å². The van der Waals surface area contributed by atoms with E-state index in [-0.39, 0.29) is 24.9 Å². The second-order valence-electron chi connectivity index (χ2n) is 5.67. The summed E-state index contributed by atoms with van der Waals surface area (Å²) in [7, 11) is 0. The van der Waals surface area contributed by atoms with Crippen molar-refractivity contribution in [3.05, 3.63) is 17.7 Å². The van der Waals surface area contributed by atoms with E-state index in [0.717, 1.165) is 17.7 Å². The van der Waals surface area contributed by atoms with Gasteiger partial charge in [-0.3, -0.25) is 9.59 Å². The zero-order valence-corrected chi connectivity index (χ0v) is 13.6. The summed E-state index contributed by atoms with van der Waals surface area (Å²) in [5, 5.41) is 11.4. The lowest BCUT2D eigenvalue weighted by Crippen LogP contribution is -2.12. The highest BCUT2D eigenvalue weighted by Crippen LogP contribution is 2.38. The monoisotopic (exact) mass is 321 g/mol. The van der Waals surface area contributed by atoms with Crippen LogP contribution in [0.15, 0.2) is 12.1 Å². The van der Waals surface area contributed by atoms with Crippen molar-refractivity contribution in [2.45, 2.75) is 52.1 Å². The van der Waals surface area contributed by atoms with Crippen molar-refractivity contribution in [2.75, 3.05) is 11.9 Å². The second kappa shape index (κ2) is 7.85. The van der Waals surface area contributed by atoms with Crippen LogP contribution in [0.25, 0.3) is 0 Å². The average Bonchev–Trinajstić information content (AvgIpc) is 2.83. The highest BCUT2D eigenvalue weighted by Gasteiger charge is 2.22. The fourth-order valence-corrected chi connectivity index (χ4v) is 2.59. The Labute approximate surface area is 135 Å². The number of carboxylic acid groups (broad SMARTS) is 1. The van der Waals surface area contributed by atoms with Crippen molar-refractivity contribution in [2.24, 2.45) is 0 Å². The minimum absolute atomic E-state index is 0.0854. The Bertz CT molecular complexity index is 585. The molecule has 0 fully saturated rings. The number of anilines is 1. The molecule has 1 aromatic rings. The molecule has 6 heteroatoms. The number of carboxylic acids is 1. The predicted octanol–water partition coefficient (Wildman–Crippen LogP) is 2.99. The molecule has 0 bridgehead atoms. The summed E-state index contributed by atoms with van der Waals surface area (Å²) in [5.74, 6) is 0.432. The zero-order valence-electron chi connectivity index (χ0n) is 13.6. The SMILES string of the molecule is CCOc1cc2c(cc1NC(=O)CCCCC(=O)O)OC(C)C2.